The van der Waals surface area contributed by atoms with Gasteiger partial charge in [-0.3, -0.25) is 33.9 Å². The van der Waals surface area contributed by atoms with Crippen LogP contribution in [0.4, 0.5) is 0 Å². The molecule has 3 N–H and O–H groups in total. The molecule has 2 aliphatic carbocycles. The van der Waals surface area contributed by atoms with E-state index < -0.39 is 68.5 Å². The number of nitrogens with one attached hydrogen (secondary N) is 3. The molecule has 4 aliphatic rings. The number of amides is 4. The molecule has 4 amide bonds. The third-order valence-corrected chi connectivity index (χ3v) is 12.7. The number of ether oxygens (including phenoxy) is 1. The van der Waals surface area contributed by atoms with Crippen molar-refractivity contribution in [3.05, 3.63) is 72.6 Å². The molecule has 3 fully saturated rings. The van der Waals surface area contributed by atoms with Gasteiger partial charge >= 0.3 is 0 Å². The third-order valence-electron chi connectivity index (χ3n) is 10.8. The van der Waals surface area contributed by atoms with Crippen molar-refractivity contribution in [2.75, 3.05) is 6.54 Å². The zero-order valence-corrected chi connectivity index (χ0v) is 32.4. The molecule has 5 atom stereocenters. The van der Waals surface area contributed by atoms with Gasteiger partial charge in [-0.15, -0.1) is 0 Å². The molecule has 3 aromatic rings. The normalized spacial score (nSPS) is 26.5. The Hall–Kier alpha value is -5.44. The summed E-state index contributed by atoms with van der Waals surface area (Å²) in [6.45, 7) is 7.02. The van der Waals surface area contributed by atoms with Gasteiger partial charge in [0.1, 0.15) is 29.4 Å². The van der Waals surface area contributed by atoms with Crippen molar-refractivity contribution < 1.29 is 32.3 Å². The van der Waals surface area contributed by atoms with Crippen molar-refractivity contribution in [2.45, 2.75) is 101 Å². The molecule has 1 unspecified atom stereocenters. The highest BCUT2D eigenvalue weighted by atomic mass is 32.2. The van der Waals surface area contributed by atoms with Crippen LogP contribution in [-0.4, -0.2) is 89.9 Å². The summed E-state index contributed by atoms with van der Waals surface area (Å²) in [5.74, 6) is -2.66. The van der Waals surface area contributed by atoms with Crippen LogP contribution in [0.15, 0.2) is 82.6 Å². The smallest absolute Gasteiger partial charge is 0.272 e. The van der Waals surface area contributed by atoms with Crippen LogP contribution in [0.2, 0.25) is 0 Å². The van der Waals surface area contributed by atoms with Crippen molar-refractivity contribution in [2.24, 2.45) is 15.9 Å². The molecule has 0 bridgehead atoms. The van der Waals surface area contributed by atoms with Gasteiger partial charge in [-0.05, 0) is 76.6 Å². The van der Waals surface area contributed by atoms with Crippen LogP contribution in [0.5, 0.6) is 5.88 Å². The molecule has 3 heterocycles. The van der Waals surface area contributed by atoms with Crippen molar-refractivity contribution in [1.29, 1.82) is 0 Å². The standard InChI is InChI=1S/C41H47N7O7S/c1-25(2)43-23-34(42-3)36(49)44-33-18-8-6-4-5-7-13-26-22-41(26,40(52)47-56(53,54)28-19-20-28)46-37(50)35-21-27(24-48(35)39(33)51)55-38-31-16-10-9-14-29(31)30-15-11-12-17-32(30)45-38/h7,9-17,23,26-28,33,35H,3-6,8,18-22,24H2,1-2H3,(H,44,49)(H,46,50)(H,47,52)/b13-7-,34-23-/t26?,27-,33+,35+,41-/m1/s1. The van der Waals surface area contributed by atoms with Crippen molar-refractivity contribution in [3.8, 4) is 5.88 Å². The number of allylic oxidation sites excluding steroid dienone is 1. The average molecular weight is 782 g/mol. The minimum Gasteiger partial charge on any atom is -0.472 e. The van der Waals surface area contributed by atoms with E-state index in [0.29, 0.717) is 37.3 Å². The number of sulfonamides is 1. The number of carbonyl (C=O) groups excluding carboxylic acids is 4. The summed E-state index contributed by atoms with van der Waals surface area (Å²) in [6, 6.07) is 13.2. The lowest BCUT2D eigenvalue weighted by Crippen LogP contribution is -2.58. The second-order valence-corrected chi connectivity index (χ2v) is 17.2. The Balaban J connectivity index is 1.23. The Morgan fingerprint density at radius 1 is 1.02 bits per heavy atom. The third kappa shape index (κ3) is 8.23. The summed E-state index contributed by atoms with van der Waals surface area (Å²) in [7, 11) is -3.90. The van der Waals surface area contributed by atoms with Gasteiger partial charge in [0, 0.05) is 28.8 Å². The SMILES string of the molecule is C=N/C(=C\N=C(C)C)C(=O)N[C@H]1CCCCC/C=C\C2C[C@@]2(C(=O)NS(=O)(=O)C2CC2)NC(=O)[C@@H]2C[C@@H](Oc3nc4ccccc4c4ccccc34)CN2C1=O. The molecule has 0 spiro atoms. The van der Waals surface area contributed by atoms with Gasteiger partial charge < -0.3 is 20.3 Å². The fraction of sp³-hybridized carbons (Fsp3) is 0.439. The average Bonchev–Trinajstić information content (AvgIpc) is 4.10. The van der Waals surface area contributed by atoms with E-state index in [9.17, 15) is 27.6 Å². The molecule has 7 rings (SSSR count). The van der Waals surface area contributed by atoms with Gasteiger partial charge in [0.25, 0.3) is 11.8 Å². The summed E-state index contributed by atoms with van der Waals surface area (Å²) in [5, 5.41) is 7.73. The first-order valence-corrected chi connectivity index (χ1v) is 20.7. The Kier molecular flexibility index (Phi) is 11.1. The number of para-hydroxylation sites is 1. The minimum atomic E-state index is -3.90. The Morgan fingerprint density at radius 3 is 2.48 bits per heavy atom. The summed E-state index contributed by atoms with van der Waals surface area (Å²) in [5.41, 5.74) is -0.173. The molecule has 1 aromatic heterocycles. The van der Waals surface area contributed by atoms with Crippen LogP contribution in [0.3, 0.4) is 0 Å². The highest BCUT2D eigenvalue weighted by Crippen LogP contribution is 2.46. The van der Waals surface area contributed by atoms with Gasteiger partial charge in [-0.2, -0.15) is 0 Å². The molecule has 294 valence electrons. The molecule has 0 radical (unpaired) electrons. The maximum absolute atomic E-state index is 14.7. The lowest BCUT2D eigenvalue weighted by Gasteiger charge is -2.30. The van der Waals surface area contributed by atoms with E-state index >= 15 is 0 Å². The topological polar surface area (TPSA) is 189 Å². The van der Waals surface area contributed by atoms with E-state index in [-0.39, 0.29) is 31.5 Å². The van der Waals surface area contributed by atoms with Crippen LogP contribution in [0.1, 0.15) is 71.6 Å². The van der Waals surface area contributed by atoms with Gasteiger partial charge in [-0.1, -0.05) is 61.4 Å². The Morgan fingerprint density at radius 2 is 1.75 bits per heavy atom. The number of carbonyl (C=O) groups is 4. The monoisotopic (exact) mass is 781 g/mol. The number of aromatic nitrogens is 1. The molecular weight excluding hydrogens is 735 g/mol. The van der Waals surface area contributed by atoms with Gasteiger partial charge in [0.15, 0.2) is 0 Å². The van der Waals surface area contributed by atoms with Gasteiger partial charge in [-0.25, -0.2) is 13.4 Å². The molecule has 2 aliphatic heterocycles. The largest absolute Gasteiger partial charge is 0.472 e. The quantitative estimate of drug-likeness (QED) is 0.124. The van der Waals surface area contributed by atoms with E-state index in [0.717, 1.165) is 34.5 Å². The predicted molar refractivity (Wildman–Crippen MR) is 213 cm³/mol. The van der Waals surface area contributed by atoms with Gasteiger partial charge in [0.2, 0.25) is 27.7 Å². The highest BCUT2D eigenvalue weighted by molar-refractivity contribution is 7.91. The lowest BCUT2D eigenvalue weighted by molar-refractivity contribution is -0.142. The summed E-state index contributed by atoms with van der Waals surface area (Å²) >= 11 is 0. The van der Waals surface area contributed by atoms with Crippen molar-refractivity contribution in [1.82, 2.24) is 25.2 Å². The zero-order chi connectivity index (χ0) is 39.6. The number of aliphatic imine (C=N–C) groups is 2. The second kappa shape index (κ2) is 16.0. The summed E-state index contributed by atoms with van der Waals surface area (Å²) in [4.78, 5) is 70.7. The molecular formula is C41H47N7O7S. The number of pyridine rings is 1. The molecule has 2 saturated carbocycles. The molecule has 15 heteroatoms. The predicted octanol–water partition coefficient (Wildman–Crippen LogP) is 4.25. The fourth-order valence-corrected chi connectivity index (χ4v) is 8.93. The second-order valence-electron chi connectivity index (χ2n) is 15.2. The first-order valence-electron chi connectivity index (χ1n) is 19.2. The minimum absolute atomic E-state index is 0.0214. The van der Waals surface area contributed by atoms with Crippen molar-refractivity contribution >= 4 is 67.8 Å². The van der Waals surface area contributed by atoms with Gasteiger partial charge in [0.05, 0.1) is 23.5 Å². The van der Waals surface area contributed by atoms with Crippen LogP contribution >= 0.6 is 0 Å². The maximum atomic E-state index is 14.7. The molecule has 1 saturated heterocycles. The van der Waals surface area contributed by atoms with E-state index in [1.807, 2.05) is 60.7 Å². The number of hydrogen-bond acceptors (Lipinski definition) is 10. The van der Waals surface area contributed by atoms with Crippen LogP contribution < -0.4 is 20.1 Å². The number of rotatable bonds is 9. The summed E-state index contributed by atoms with van der Waals surface area (Å²) < 4.78 is 34.6. The zero-order valence-electron chi connectivity index (χ0n) is 31.6. The number of benzene rings is 2. The first-order chi connectivity index (χ1) is 26.9. The van der Waals surface area contributed by atoms with E-state index in [4.69, 9.17) is 9.72 Å². The number of fused-ring (bicyclic) bond motifs is 5. The maximum Gasteiger partial charge on any atom is 0.272 e. The van der Waals surface area contributed by atoms with Crippen LogP contribution in [-0.2, 0) is 29.2 Å². The van der Waals surface area contributed by atoms with Crippen LogP contribution in [0.25, 0.3) is 21.7 Å². The number of hydrogen-bond donors (Lipinski definition) is 3. The van der Waals surface area contributed by atoms with E-state index in [1.165, 1.54) is 11.1 Å². The Bertz CT molecular complexity index is 2280. The van der Waals surface area contributed by atoms with Crippen molar-refractivity contribution in [3.63, 3.8) is 0 Å². The fourth-order valence-electron chi connectivity index (χ4n) is 7.56. The molecule has 2 aromatic carbocycles. The highest BCUT2D eigenvalue weighted by Gasteiger charge is 2.62. The van der Waals surface area contributed by atoms with E-state index in [1.54, 1.807) is 13.8 Å². The van der Waals surface area contributed by atoms with Crippen LogP contribution in [0, 0.1) is 5.92 Å². The molecule has 14 nitrogen and oxygen atoms in total. The number of nitrogens with zero attached hydrogens (tertiary/aromatic N) is 4. The molecule has 56 heavy (non-hydrogen) atoms. The Labute approximate surface area is 326 Å². The first kappa shape index (κ1) is 38.8. The van der Waals surface area contributed by atoms with E-state index in [2.05, 4.69) is 32.1 Å². The lowest BCUT2D eigenvalue weighted by atomic mass is 10.0. The summed E-state index contributed by atoms with van der Waals surface area (Å²) in [6.07, 6.45) is 8.67.